The molecule has 3 aromatic heterocycles. The number of pyridine rings is 1. The molecule has 0 aliphatic carbocycles. The number of nitrogens with zero attached hydrogens (tertiary/aromatic N) is 4. The van der Waals surface area contributed by atoms with Gasteiger partial charge in [0.25, 0.3) is 5.91 Å². The molecule has 168 valence electrons. The van der Waals surface area contributed by atoms with Gasteiger partial charge in [-0.25, -0.2) is 0 Å². The third-order valence-electron chi connectivity index (χ3n) is 6.00. The van der Waals surface area contributed by atoms with Gasteiger partial charge in [-0.05, 0) is 36.2 Å². The number of benzene rings is 1. The maximum absolute atomic E-state index is 13.1. The second kappa shape index (κ2) is 9.83. The number of aryl methyl sites for hydroxylation is 2. The van der Waals surface area contributed by atoms with E-state index in [0.29, 0.717) is 18.8 Å². The van der Waals surface area contributed by atoms with E-state index in [2.05, 4.69) is 39.5 Å². The molecule has 7 nitrogen and oxygen atoms in total. The summed E-state index contributed by atoms with van der Waals surface area (Å²) in [5, 5.41) is 7.78. The molecule has 0 atom stereocenters. The van der Waals surface area contributed by atoms with E-state index in [4.69, 9.17) is 9.52 Å². The molecule has 0 bridgehead atoms. The first-order valence-electron chi connectivity index (χ1n) is 11.3. The standard InChI is InChI=1S/C26H27N5O2/c32-26(28-17-21-9-4-5-13-27-21)25-23-19-30(18-22-10-6-16-33-22)14-12-24(23)31(29-25)15-11-20-7-2-1-3-8-20/h1-10,13,16H,11-12,14-15,17-19H2,(H,28,32). The molecule has 1 aromatic carbocycles. The Morgan fingerprint density at radius 1 is 1.06 bits per heavy atom. The fourth-order valence-corrected chi connectivity index (χ4v) is 4.31. The summed E-state index contributed by atoms with van der Waals surface area (Å²) in [5.41, 5.74) is 4.77. The quantitative estimate of drug-likeness (QED) is 0.452. The van der Waals surface area contributed by atoms with Crippen LogP contribution in [0, 0.1) is 0 Å². The smallest absolute Gasteiger partial charge is 0.272 e. The lowest BCUT2D eigenvalue weighted by Gasteiger charge is -2.26. The molecule has 0 saturated carbocycles. The number of carbonyl (C=O) groups excluding carboxylic acids is 1. The second-order valence-corrected chi connectivity index (χ2v) is 8.28. The van der Waals surface area contributed by atoms with E-state index in [-0.39, 0.29) is 5.91 Å². The molecule has 0 fully saturated rings. The summed E-state index contributed by atoms with van der Waals surface area (Å²) in [4.78, 5) is 19.7. The van der Waals surface area contributed by atoms with Crippen LogP contribution in [0.5, 0.6) is 0 Å². The van der Waals surface area contributed by atoms with E-state index in [1.54, 1.807) is 12.5 Å². The first kappa shape index (κ1) is 21.2. The Morgan fingerprint density at radius 3 is 2.73 bits per heavy atom. The molecule has 4 heterocycles. The summed E-state index contributed by atoms with van der Waals surface area (Å²) in [6, 6.07) is 20.0. The summed E-state index contributed by atoms with van der Waals surface area (Å²) in [6.07, 6.45) is 5.16. The van der Waals surface area contributed by atoms with Gasteiger partial charge in [0, 0.05) is 43.5 Å². The molecule has 1 aliphatic rings. The van der Waals surface area contributed by atoms with Gasteiger partial charge in [-0.3, -0.25) is 19.4 Å². The van der Waals surface area contributed by atoms with Crippen LogP contribution in [-0.4, -0.2) is 32.1 Å². The van der Waals surface area contributed by atoms with Crippen LogP contribution in [0.25, 0.3) is 0 Å². The Morgan fingerprint density at radius 2 is 1.94 bits per heavy atom. The van der Waals surface area contributed by atoms with Gasteiger partial charge in [0.2, 0.25) is 0 Å². The Bertz CT molecular complexity index is 1190. The van der Waals surface area contributed by atoms with E-state index >= 15 is 0 Å². The minimum Gasteiger partial charge on any atom is -0.468 e. The summed E-state index contributed by atoms with van der Waals surface area (Å²) >= 11 is 0. The average Bonchev–Trinajstić information content (AvgIpc) is 3.50. The van der Waals surface area contributed by atoms with Crippen molar-refractivity contribution in [3.63, 3.8) is 0 Å². The molecule has 0 radical (unpaired) electrons. The molecule has 0 unspecified atom stereocenters. The summed E-state index contributed by atoms with van der Waals surface area (Å²) in [5.74, 6) is 0.770. The van der Waals surface area contributed by atoms with Crippen molar-refractivity contribution < 1.29 is 9.21 Å². The lowest BCUT2D eigenvalue weighted by atomic mass is 10.0. The molecular weight excluding hydrogens is 414 g/mol. The largest absolute Gasteiger partial charge is 0.468 e. The predicted octanol–water partition coefficient (Wildman–Crippen LogP) is 3.60. The highest BCUT2D eigenvalue weighted by Crippen LogP contribution is 2.25. The zero-order valence-electron chi connectivity index (χ0n) is 18.5. The summed E-state index contributed by atoms with van der Waals surface area (Å²) < 4.78 is 7.56. The van der Waals surface area contributed by atoms with Crippen LogP contribution < -0.4 is 5.32 Å². The Hall–Kier alpha value is -3.71. The third kappa shape index (κ3) is 5.04. The van der Waals surface area contributed by atoms with Crippen molar-refractivity contribution in [2.75, 3.05) is 6.54 Å². The third-order valence-corrected chi connectivity index (χ3v) is 6.00. The molecular formula is C26H27N5O2. The number of aromatic nitrogens is 3. The van der Waals surface area contributed by atoms with Crippen molar-refractivity contribution in [2.24, 2.45) is 0 Å². The highest BCUT2D eigenvalue weighted by atomic mass is 16.3. The minimum atomic E-state index is -0.157. The number of amides is 1. The number of furan rings is 1. The van der Waals surface area contributed by atoms with Crippen LogP contribution in [0.2, 0.25) is 0 Å². The molecule has 4 aromatic rings. The fraction of sp³-hybridized carbons (Fsp3) is 0.269. The molecule has 1 N–H and O–H groups in total. The van der Waals surface area contributed by atoms with Crippen molar-refractivity contribution >= 4 is 5.91 Å². The van der Waals surface area contributed by atoms with Gasteiger partial charge >= 0.3 is 0 Å². The van der Waals surface area contributed by atoms with Gasteiger partial charge in [-0.1, -0.05) is 36.4 Å². The molecule has 0 spiro atoms. The minimum absolute atomic E-state index is 0.157. The number of nitrogens with one attached hydrogen (secondary N) is 1. The van der Waals surface area contributed by atoms with Gasteiger partial charge in [-0.2, -0.15) is 5.10 Å². The van der Waals surface area contributed by atoms with E-state index in [9.17, 15) is 4.79 Å². The molecule has 0 saturated heterocycles. The highest BCUT2D eigenvalue weighted by molar-refractivity contribution is 5.94. The number of hydrogen-bond acceptors (Lipinski definition) is 5. The zero-order chi connectivity index (χ0) is 22.5. The van der Waals surface area contributed by atoms with Gasteiger partial charge in [-0.15, -0.1) is 0 Å². The SMILES string of the molecule is O=C(NCc1ccccn1)c1nn(CCc2ccccc2)c2c1CN(Cc1ccco1)CC2. The summed E-state index contributed by atoms with van der Waals surface area (Å²) in [6.45, 7) is 3.42. The first-order chi connectivity index (χ1) is 16.3. The summed E-state index contributed by atoms with van der Waals surface area (Å²) in [7, 11) is 0. The average molecular weight is 442 g/mol. The molecule has 1 aliphatic heterocycles. The Labute approximate surface area is 193 Å². The monoisotopic (exact) mass is 441 g/mol. The van der Waals surface area contributed by atoms with Crippen molar-refractivity contribution in [3.8, 4) is 0 Å². The number of hydrogen-bond donors (Lipinski definition) is 1. The second-order valence-electron chi connectivity index (χ2n) is 8.28. The van der Waals surface area contributed by atoms with Crippen molar-refractivity contribution in [1.82, 2.24) is 25.0 Å². The Balaban J connectivity index is 1.36. The number of rotatable bonds is 8. The Kier molecular flexibility index (Phi) is 6.30. The van der Waals surface area contributed by atoms with Gasteiger partial charge in [0.15, 0.2) is 5.69 Å². The van der Waals surface area contributed by atoms with Crippen molar-refractivity contribution in [2.45, 2.75) is 39.0 Å². The number of carbonyl (C=O) groups is 1. The molecule has 5 rings (SSSR count). The van der Waals surface area contributed by atoms with E-state index in [0.717, 1.165) is 55.2 Å². The maximum Gasteiger partial charge on any atom is 0.272 e. The van der Waals surface area contributed by atoms with Crippen molar-refractivity contribution in [1.29, 1.82) is 0 Å². The fourth-order valence-electron chi connectivity index (χ4n) is 4.31. The van der Waals surface area contributed by atoms with Gasteiger partial charge in [0.05, 0.1) is 25.0 Å². The lowest BCUT2D eigenvalue weighted by Crippen LogP contribution is -2.32. The highest BCUT2D eigenvalue weighted by Gasteiger charge is 2.28. The first-order valence-corrected chi connectivity index (χ1v) is 11.3. The molecule has 7 heteroatoms. The van der Waals surface area contributed by atoms with Crippen LogP contribution in [0.3, 0.4) is 0 Å². The van der Waals surface area contributed by atoms with Gasteiger partial charge in [0.1, 0.15) is 5.76 Å². The zero-order valence-corrected chi connectivity index (χ0v) is 18.5. The topological polar surface area (TPSA) is 76.2 Å². The van der Waals surface area contributed by atoms with Crippen LogP contribution in [0.1, 0.15) is 38.8 Å². The van der Waals surface area contributed by atoms with Crippen LogP contribution in [-0.2, 0) is 39.0 Å². The van der Waals surface area contributed by atoms with E-state index in [1.807, 2.05) is 41.1 Å². The molecule has 33 heavy (non-hydrogen) atoms. The van der Waals surface area contributed by atoms with E-state index in [1.165, 1.54) is 5.56 Å². The predicted molar refractivity (Wildman–Crippen MR) is 124 cm³/mol. The lowest BCUT2D eigenvalue weighted by molar-refractivity contribution is 0.0942. The normalized spacial score (nSPS) is 13.6. The van der Waals surface area contributed by atoms with E-state index < -0.39 is 0 Å². The maximum atomic E-state index is 13.1. The van der Waals surface area contributed by atoms with Crippen LogP contribution in [0.15, 0.2) is 77.5 Å². The molecule has 1 amide bonds. The van der Waals surface area contributed by atoms with Gasteiger partial charge < -0.3 is 9.73 Å². The van der Waals surface area contributed by atoms with Crippen LogP contribution in [0.4, 0.5) is 0 Å². The van der Waals surface area contributed by atoms with Crippen LogP contribution >= 0.6 is 0 Å². The number of fused-ring (bicyclic) bond motifs is 1. The van der Waals surface area contributed by atoms with Crippen molar-refractivity contribution in [3.05, 3.63) is 107 Å².